The molecule has 0 heterocycles. The third-order valence-corrected chi connectivity index (χ3v) is 6.41. The highest BCUT2D eigenvalue weighted by Gasteiger charge is 2.17. The summed E-state index contributed by atoms with van der Waals surface area (Å²) in [7, 11) is 1.89. The van der Waals surface area contributed by atoms with E-state index in [4.69, 9.17) is 34.8 Å². The molecular weight excluding hydrogens is 535 g/mol. The Kier molecular flexibility index (Phi) is 7.83. The summed E-state index contributed by atoms with van der Waals surface area (Å²) in [5.41, 5.74) is 2.36. The number of benzene rings is 4. The molecule has 4 aromatic rings. The Bertz CT molecular complexity index is 1500. The summed E-state index contributed by atoms with van der Waals surface area (Å²) in [5.74, 6) is -2.21. The third kappa shape index (κ3) is 6.12. The average molecular weight is 554 g/mol. The standard InChI is InChI=1S/C28H19Cl3N2O4/c1-33(23-9-4-19(29)5-10-23)22-7-2-16(3-8-22)26(34)17-12-18(28(36)37)14-21(13-17)32-27(35)24-11-6-20(30)15-25(24)31/h2-15H,1H3,(H,32,35)(H,36,37). The van der Waals surface area contributed by atoms with Gasteiger partial charge in [0.2, 0.25) is 0 Å². The van der Waals surface area contributed by atoms with Crippen LogP contribution < -0.4 is 10.2 Å². The van der Waals surface area contributed by atoms with E-state index in [1.165, 1.54) is 36.4 Å². The van der Waals surface area contributed by atoms with E-state index in [1.54, 1.807) is 36.4 Å². The van der Waals surface area contributed by atoms with Crippen molar-refractivity contribution in [2.24, 2.45) is 0 Å². The van der Waals surface area contributed by atoms with Crippen LogP contribution in [0.5, 0.6) is 0 Å². The first-order chi connectivity index (χ1) is 17.6. The number of halogens is 3. The molecule has 37 heavy (non-hydrogen) atoms. The van der Waals surface area contributed by atoms with Crippen molar-refractivity contribution < 1.29 is 19.5 Å². The van der Waals surface area contributed by atoms with Gasteiger partial charge in [-0.25, -0.2) is 4.79 Å². The fourth-order valence-electron chi connectivity index (χ4n) is 3.64. The fraction of sp³-hybridized carbons (Fsp3) is 0.0357. The van der Waals surface area contributed by atoms with Crippen LogP contribution in [-0.4, -0.2) is 29.8 Å². The van der Waals surface area contributed by atoms with Crippen LogP contribution in [0.2, 0.25) is 15.1 Å². The van der Waals surface area contributed by atoms with Gasteiger partial charge in [0.15, 0.2) is 5.78 Å². The number of carboxylic acid groups (broad SMARTS) is 1. The van der Waals surface area contributed by atoms with Gasteiger partial charge in [0.25, 0.3) is 5.91 Å². The molecule has 4 rings (SSSR count). The zero-order chi connectivity index (χ0) is 26.7. The van der Waals surface area contributed by atoms with Crippen molar-refractivity contribution in [1.29, 1.82) is 0 Å². The number of rotatable bonds is 7. The van der Waals surface area contributed by atoms with Gasteiger partial charge in [-0.05, 0) is 84.9 Å². The van der Waals surface area contributed by atoms with Gasteiger partial charge in [-0.2, -0.15) is 0 Å². The summed E-state index contributed by atoms with van der Waals surface area (Å²) in [6.45, 7) is 0. The van der Waals surface area contributed by atoms with Gasteiger partial charge in [0.1, 0.15) is 0 Å². The summed E-state index contributed by atoms with van der Waals surface area (Å²) < 4.78 is 0. The maximum Gasteiger partial charge on any atom is 0.335 e. The van der Waals surface area contributed by atoms with Crippen LogP contribution >= 0.6 is 34.8 Å². The van der Waals surface area contributed by atoms with Gasteiger partial charge < -0.3 is 15.3 Å². The lowest BCUT2D eigenvalue weighted by atomic mass is 10.00. The largest absolute Gasteiger partial charge is 0.478 e. The molecule has 0 bridgehead atoms. The van der Waals surface area contributed by atoms with Gasteiger partial charge in [-0.3, -0.25) is 9.59 Å². The van der Waals surface area contributed by atoms with E-state index in [1.807, 2.05) is 24.1 Å². The molecule has 0 fully saturated rings. The summed E-state index contributed by atoms with van der Waals surface area (Å²) in [5, 5.41) is 13.3. The quantitative estimate of drug-likeness (QED) is 0.230. The Morgan fingerprint density at radius 1 is 0.703 bits per heavy atom. The van der Waals surface area contributed by atoms with E-state index in [-0.39, 0.29) is 27.4 Å². The van der Waals surface area contributed by atoms with Crippen molar-refractivity contribution in [2.45, 2.75) is 0 Å². The molecule has 0 aliphatic rings. The second kappa shape index (κ2) is 11.0. The van der Waals surface area contributed by atoms with E-state index in [0.717, 1.165) is 11.4 Å². The molecule has 186 valence electrons. The van der Waals surface area contributed by atoms with E-state index in [2.05, 4.69) is 5.32 Å². The van der Waals surface area contributed by atoms with Crippen LogP contribution in [0.25, 0.3) is 0 Å². The molecule has 4 aromatic carbocycles. The van der Waals surface area contributed by atoms with Crippen molar-refractivity contribution in [3.05, 3.63) is 122 Å². The summed E-state index contributed by atoms with van der Waals surface area (Å²) in [4.78, 5) is 39.6. The van der Waals surface area contributed by atoms with Gasteiger partial charge in [0, 0.05) is 45.3 Å². The first-order valence-corrected chi connectivity index (χ1v) is 12.0. The number of carboxylic acids is 1. The van der Waals surface area contributed by atoms with Crippen LogP contribution in [0, 0.1) is 0 Å². The van der Waals surface area contributed by atoms with Gasteiger partial charge >= 0.3 is 5.97 Å². The molecule has 0 aliphatic heterocycles. The molecule has 9 heteroatoms. The molecule has 0 radical (unpaired) electrons. The number of hydrogen-bond acceptors (Lipinski definition) is 4. The number of amides is 1. The molecule has 0 saturated heterocycles. The summed E-state index contributed by atoms with van der Waals surface area (Å²) >= 11 is 18.0. The second-order valence-electron chi connectivity index (χ2n) is 8.09. The van der Waals surface area contributed by atoms with Crippen LogP contribution in [0.4, 0.5) is 17.1 Å². The minimum Gasteiger partial charge on any atom is -0.478 e. The minimum absolute atomic E-state index is 0.108. The number of hydrogen-bond donors (Lipinski definition) is 2. The maximum atomic E-state index is 13.2. The van der Waals surface area contributed by atoms with Crippen molar-refractivity contribution in [2.75, 3.05) is 17.3 Å². The van der Waals surface area contributed by atoms with Crippen molar-refractivity contribution in [3.8, 4) is 0 Å². The topological polar surface area (TPSA) is 86.7 Å². The van der Waals surface area contributed by atoms with Crippen LogP contribution in [0.1, 0.15) is 36.6 Å². The average Bonchev–Trinajstić information content (AvgIpc) is 2.88. The molecule has 0 spiro atoms. The predicted octanol–water partition coefficient (Wildman–Crippen LogP) is 7.60. The zero-order valence-corrected chi connectivity index (χ0v) is 21.6. The Hall–Kier alpha value is -3.84. The number of carbonyl (C=O) groups is 3. The third-order valence-electron chi connectivity index (χ3n) is 5.61. The number of anilines is 3. The highest BCUT2D eigenvalue weighted by atomic mass is 35.5. The van der Waals surface area contributed by atoms with E-state index >= 15 is 0 Å². The van der Waals surface area contributed by atoms with Crippen molar-refractivity contribution >= 4 is 69.5 Å². The molecule has 1 amide bonds. The van der Waals surface area contributed by atoms with Crippen LogP contribution in [-0.2, 0) is 0 Å². The van der Waals surface area contributed by atoms with Crippen LogP contribution in [0.3, 0.4) is 0 Å². The Morgan fingerprint density at radius 3 is 1.86 bits per heavy atom. The van der Waals surface area contributed by atoms with Crippen molar-refractivity contribution in [3.63, 3.8) is 0 Å². The summed E-state index contributed by atoms with van der Waals surface area (Å²) in [6.07, 6.45) is 0. The SMILES string of the molecule is CN(c1ccc(Cl)cc1)c1ccc(C(=O)c2cc(NC(=O)c3ccc(Cl)cc3Cl)cc(C(=O)O)c2)cc1. The highest BCUT2D eigenvalue weighted by Crippen LogP contribution is 2.27. The van der Waals surface area contributed by atoms with Gasteiger partial charge in [0.05, 0.1) is 16.1 Å². The monoisotopic (exact) mass is 552 g/mol. The number of nitrogens with zero attached hydrogens (tertiary/aromatic N) is 1. The number of carbonyl (C=O) groups excluding carboxylic acids is 2. The van der Waals surface area contributed by atoms with E-state index in [9.17, 15) is 19.5 Å². The molecule has 0 aliphatic carbocycles. The number of ketones is 1. The highest BCUT2D eigenvalue weighted by molar-refractivity contribution is 6.37. The molecule has 0 aromatic heterocycles. The first kappa shape index (κ1) is 26.2. The smallest absolute Gasteiger partial charge is 0.335 e. The fourth-order valence-corrected chi connectivity index (χ4v) is 4.26. The van der Waals surface area contributed by atoms with E-state index in [0.29, 0.717) is 15.6 Å². The minimum atomic E-state index is -1.24. The lowest BCUT2D eigenvalue weighted by Crippen LogP contribution is -2.14. The molecule has 0 unspecified atom stereocenters. The lowest BCUT2D eigenvalue weighted by molar-refractivity contribution is 0.0696. The van der Waals surface area contributed by atoms with Crippen molar-refractivity contribution in [1.82, 2.24) is 0 Å². The van der Waals surface area contributed by atoms with Crippen LogP contribution in [0.15, 0.2) is 84.9 Å². The number of nitrogens with one attached hydrogen (secondary N) is 1. The normalized spacial score (nSPS) is 10.6. The molecular formula is C28H19Cl3N2O4. The first-order valence-electron chi connectivity index (χ1n) is 10.9. The zero-order valence-electron chi connectivity index (χ0n) is 19.3. The molecule has 0 atom stereocenters. The molecule has 0 saturated carbocycles. The summed E-state index contributed by atoms with van der Waals surface area (Å²) in [6, 6.07) is 22.6. The lowest BCUT2D eigenvalue weighted by Gasteiger charge is -2.19. The maximum absolute atomic E-state index is 13.2. The Labute approximate surface area is 228 Å². The Morgan fingerprint density at radius 2 is 1.27 bits per heavy atom. The Balaban J connectivity index is 1.59. The molecule has 2 N–H and O–H groups in total. The second-order valence-corrected chi connectivity index (χ2v) is 9.37. The van der Waals surface area contributed by atoms with Gasteiger partial charge in [-0.1, -0.05) is 34.8 Å². The molecule has 6 nitrogen and oxygen atoms in total. The predicted molar refractivity (Wildman–Crippen MR) is 147 cm³/mol. The van der Waals surface area contributed by atoms with E-state index < -0.39 is 17.7 Å². The van der Waals surface area contributed by atoms with Gasteiger partial charge in [-0.15, -0.1) is 0 Å². The number of aromatic carboxylic acids is 1.